The summed E-state index contributed by atoms with van der Waals surface area (Å²) in [6.07, 6.45) is -0.938. The van der Waals surface area contributed by atoms with E-state index < -0.39 is 18.1 Å². The highest BCUT2D eigenvalue weighted by Gasteiger charge is 2.60. The van der Waals surface area contributed by atoms with E-state index in [-0.39, 0.29) is 17.6 Å². The van der Waals surface area contributed by atoms with E-state index in [0.717, 1.165) is 11.3 Å². The maximum Gasteiger partial charge on any atom is 0.266 e. The van der Waals surface area contributed by atoms with Crippen LogP contribution >= 0.6 is 0 Å². The molecule has 2 aliphatic rings. The number of halogens is 1. The van der Waals surface area contributed by atoms with Crippen molar-refractivity contribution in [3.05, 3.63) is 95.8 Å². The molecule has 0 unspecified atom stereocenters. The minimum absolute atomic E-state index is 0.313. The number of para-hydroxylation sites is 2. The Hall–Kier alpha value is -3.51. The Balaban J connectivity index is 1.60. The number of hydrogen-bond donors (Lipinski definition) is 0. The van der Waals surface area contributed by atoms with Gasteiger partial charge in [0, 0.05) is 0 Å². The third-order valence-electron chi connectivity index (χ3n) is 5.69. The van der Waals surface area contributed by atoms with Crippen LogP contribution in [-0.4, -0.2) is 17.9 Å². The number of imide groups is 1. The van der Waals surface area contributed by atoms with Gasteiger partial charge in [-0.15, -0.1) is 0 Å². The van der Waals surface area contributed by atoms with Crippen molar-refractivity contribution in [2.75, 3.05) is 9.96 Å². The Kier molecular flexibility index (Phi) is 4.37. The monoisotopic (exact) mass is 402 g/mol. The second kappa shape index (κ2) is 7.07. The van der Waals surface area contributed by atoms with Crippen molar-refractivity contribution in [1.29, 1.82) is 0 Å². The van der Waals surface area contributed by atoms with E-state index in [1.165, 1.54) is 17.0 Å². The first-order valence-electron chi connectivity index (χ1n) is 9.76. The van der Waals surface area contributed by atoms with Crippen molar-refractivity contribution < 1.29 is 18.8 Å². The largest absolute Gasteiger partial charge is 0.273 e. The molecule has 0 bridgehead atoms. The van der Waals surface area contributed by atoms with Gasteiger partial charge in [-0.25, -0.2) is 14.4 Å². The third kappa shape index (κ3) is 2.80. The van der Waals surface area contributed by atoms with E-state index in [4.69, 9.17) is 4.84 Å². The van der Waals surface area contributed by atoms with E-state index in [0.29, 0.717) is 11.3 Å². The molecule has 5 rings (SSSR count). The summed E-state index contributed by atoms with van der Waals surface area (Å²) in [5, 5.41) is 1.60. The smallest absolute Gasteiger partial charge is 0.266 e. The minimum atomic E-state index is -0.938. The molecule has 2 fully saturated rings. The maximum atomic E-state index is 13.6. The van der Waals surface area contributed by atoms with Crippen LogP contribution in [0.2, 0.25) is 0 Å². The molecule has 150 valence electrons. The SMILES string of the molecule is Cc1ccccc1N1C(=O)[C@H]2[C@@H](c3ccc(F)cc3)N(c3ccccc3)O[C@H]2C1=O. The summed E-state index contributed by atoms with van der Waals surface area (Å²) in [4.78, 5) is 34.0. The first-order valence-corrected chi connectivity index (χ1v) is 9.76. The highest BCUT2D eigenvalue weighted by Crippen LogP contribution is 2.47. The van der Waals surface area contributed by atoms with Gasteiger partial charge in [0.15, 0.2) is 6.10 Å². The van der Waals surface area contributed by atoms with E-state index >= 15 is 0 Å². The number of hydroxylamine groups is 1. The van der Waals surface area contributed by atoms with Crippen molar-refractivity contribution in [2.24, 2.45) is 5.92 Å². The lowest BCUT2D eigenvalue weighted by atomic mass is 9.90. The predicted molar refractivity (Wildman–Crippen MR) is 110 cm³/mol. The molecule has 2 saturated heterocycles. The van der Waals surface area contributed by atoms with Crippen molar-refractivity contribution >= 4 is 23.2 Å². The molecule has 2 aliphatic heterocycles. The number of benzene rings is 3. The first-order chi connectivity index (χ1) is 14.6. The fourth-order valence-corrected chi connectivity index (χ4v) is 4.26. The molecular formula is C24H19FN2O3. The highest BCUT2D eigenvalue weighted by molar-refractivity contribution is 6.24. The number of amides is 2. The van der Waals surface area contributed by atoms with Crippen molar-refractivity contribution in [1.82, 2.24) is 0 Å². The number of nitrogens with zero attached hydrogens (tertiary/aromatic N) is 2. The van der Waals surface area contributed by atoms with E-state index in [1.807, 2.05) is 49.4 Å². The molecule has 3 atom stereocenters. The Labute approximate surface area is 173 Å². The van der Waals surface area contributed by atoms with E-state index in [2.05, 4.69) is 0 Å². The molecule has 3 aromatic carbocycles. The predicted octanol–water partition coefficient (Wildman–Crippen LogP) is 4.19. The molecule has 5 nitrogen and oxygen atoms in total. The van der Waals surface area contributed by atoms with Crippen LogP contribution in [0.15, 0.2) is 78.9 Å². The number of fused-ring (bicyclic) bond motifs is 1. The van der Waals surface area contributed by atoms with Gasteiger partial charge in [0.25, 0.3) is 5.91 Å². The van der Waals surface area contributed by atoms with Crippen LogP contribution < -0.4 is 9.96 Å². The van der Waals surface area contributed by atoms with Gasteiger partial charge in [0.05, 0.1) is 17.4 Å². The van der Waals surface area contributed by atoms with E-state index in [1.54, 1.807) is 29.3 Å². The van der Waals surface area contributed by atoms with Gasteiger partial charge >= 0.3 is 0 Å². The first kappa shape index (κ1) is 18.5. The van der Waals surface area contributed by atoms with Gasteiger partial charge in [-0.2, -0.15) is 0 Å². The summed E-state index contributed by atoms with van der Waals surface area (Å²) in [6.45, 7) is 1.86. The van der Waals surface area contributed by atoms with Gasteiger partial charge in [0.1, 0.15) is 11.7 Å². The zero-order valence-electron chi connectivity index (χ0n) is 16.2. The van der Waals surface area contributed by atoms with Crippen LogP contribution in [-0.2, 0) is 14.4 Å². The number of carbonyl (C=O) groups excluding carboxylic acids is 2. The Morgan fingerprint density at radius 2 is 1.50 bits per heavy atom. The molecule has 0 radical (unpaired) electrons. The summed E-state index contributed by atoms with van der Waals surface area (Å²) in [7, 11) is 0. The number of carbonyl (C=O) groups is 2. The molecular weight excluding hydrogens is 383 g/mol. The molecule has 2 heterocycles. The molecule has 30 heavy (non-hydrogen) atoms. The molecule has 0 saturated carbocycles. The quantitative estimate of drug-likeness (QED) is 0.617. The van der Waals surface area contributed by atoms with Gasteiger partial charge in [-0.3, -0.25) is 14.4 Å². The standard InChI is InChI=1S/C24H19FN2O3/c1-15-7-5-6-10-19(15)26-23(28)20-21(16-11-13-17(25)14-12-16)27(30-22(20)24(26)29)18-8-3-2-4-9-18/h2-14,20-22H,1H3/t20-,21+,22+/m0/s1. The van der Waals surface area contributed by atoms with Crippen LogP contribution in [0.5, 0.6) is 0 Å². The lowest BCUT2D eigenvalue weighted by molar-refractivity contribution is -0.126. The second-order valence-corrected chi connectivity index (χ2v) is 7.51. The van der Waals surface area contributed by atoms with Crippen LogP contribution in [0.25, 0.3) is 0 Å². The summed E-state index contributed by atoms with van der Waals surface area (Å²) in [6, 6.07) is 22.0. The zero-order valence-corrected chi connectivity index (χ0v) is 16.2. The molecule has 0 N–H and O–H groups in total. The molecule has 0 aromatic heterocycles. The molecule has 6 heteroatoms. The van der Waals surface area contributed by atoms with E-state index in [9.17, 15) is 14.0 Å². The zero-order chi connectivity index (χ0) is 20.8. The summed E-state index contributed by atoms with van der Waals surface area (Å²) in [5.74, 6) is -1.80. The third-order valence-corrected chi connectivity index (χ3v) is 5.69. The lowest BCUT2D eigenvalue weighted by Gasteiger charge is -2.29. The van der Waals surface area contributed by atoms with Crippen LogP contribution in [0.1, 0.15) is 17.2 Å². The maximum absolute atomic E-state index is 13.6. The summed E-state index contributed by atoms with van der Waals surface area (Å²) < 4.78 is 13.6. The number of rotatable bonds is 3. The van der Waals surface area contributed by atoms with Gasteiger partial charge < -0.3 is 0 Å². The fourth-order valence-electron chi connectivity index (χ4n) is 4.26. The highest BCUT2D eigenvalue weighted by atomic mass is 19.1. The number of hydrogen-bond acceptors (Lipinski definition) is 4. The Morgan fingerprint density at radius 3 is 2.20 bits per heavy atom. The normalized spacial score (nSPS) is 23.2. The minimum Gasteiger partial charge on any atom is -0.273 e. The van der Waals surface area contributed by atoms with Crippen LogP contribution in [0.4, 0.5) is 15.8 Å². The van der Waals surface area contributed by atoms with Crippen LogP contribution in [0, 0.1) is 18.7 Å². The van der Waals surface area contributed by atoms with Gasteiger partial charge in [-0.1, -0.05) is 48.5 Å². The average molecular weight is 402 g/mol. The van der Waals surface area contributed by atoms with Crippen molar-refractivity contribution in [2.45, 2.75) is 19.1 Å². The Bertz CT molecular complexity index is 1120. The Morgan fingerprint density at radius 1 is 0.833 bits per heavy atom. The topological polar surface area (TPSA) is 49.9 Å². The summed E-state index contributed by atoms with van der Waals surface area (Å²) in [5.41, 5.74) is 2.83. The molecule has 0 spiro atoms. The van der Waals surface area contributed by atoms with Crippen molar-refractivity contribution in [3.8, 4) is 0 Å². The van der Waals surface area contributed by atoms with Gasteiger partial charge in [0.2, 0.25) is 5.91 Å². The summed E-state index contributed by atoms with van der Waals surface area (Å²) >= 11 is 0. The van der Waals surface area contributed by atoms with Gasteiger partial charge in [-0.05, 0) is 48.4 Å². The van der Waals surface area contributed by atoms with Crippen LogP contribution in [0.3, 0.4) is 0 Å². The lowest BCUT2D eigenvalue weighted by Crippen LogP contribution is -2.37. The average Bonchev–Trinajstić information content (AvgIpc) is 3.26. The fraction of sp³-hybridized carbons (Fsp3) is 0.167. The second-order valence-electron chi connectivity index (χ2n) is 7.51. The molecule has 0 aliphatic carbocycles. The molecule has 3 aromatic rings. The molecule has 2 amide bonds. The number of anilines is 2. The number of aryl methyl sites for hydroxylation is 1. The van der Waals surface area contributed by atoms with Crippen molar-refractivity contribution in [3.63, 3.8) is 0 Å².